The Morgan fingerprint density at radius 1 is 1.27 bits per heavy atom. The molecule has 0 aliphatic heterocycles. The lowest BCUT2D eigenvalue weighted by molar-refractivity contribution is 0.0939. The van der Waals surface area contributed by atoms with Crippen LogP contribution in [-0.2, 0) is 4.74 Å². The van der Waals surface area contributed by atoms with Crippen LogP contribution in [0.2, 0.25) is 0 Å². The maximum atomic E-state index is 5.44. The lowest BCUT2D eigenvalue weighted by atomic mass is 10.3. The summed E-state index contributed by atoms with van der Waals surface area (Å²) in [5, 5.41) is 0. The fourth-order valence-electron chi connectivity index (χ4n) is 1.19. The summed E-state index contributed by atoms with van der Waals surface area (Å²) in [5.74, 6) is 0. The van der Waals surface area contributed by atoms with Crippen LogP contribution >= 0.6 is 0 Å². The molecular weight excluding hydrogens is 192 g/mol. The zero-order chi connectivity index (χ0) is 11.3. The minimum absolute atomic E-state index is 0.205. The molecule has 15 heavy (non-hydrogen) atoms. The number of hydrogen-bond acceptors (Lipinski definition) is 4. The number of aromatic nitrogens is 2. The van der Waals surface area contributed by atoms with Gasteiger partial charge in [0.1, 0.15) is 0 Å². The van der Waals surface area contributed by atoms with Crippen molar-refractivity contribution in [2.75, 3.05) is 13.7 Å². The van der Waals surface area contributed by atoms with E-state index in [1.165, 1.54) is 0 Å². The third-order valence-electron chi connectivity index (χ3n) is 2.12. The Bertz CT molecular complexity index is 295. The summed E-state index contributed by atoms with van der Waals surface area (Å²) < 4.78 is 10.6. The normalized spacial score (nSPS) is 12.5. The van der Waals surface area contributed by atoms with Crippen LogP contribution in [0, 0.1) is 13.8 Å². The number of hydrogen-bond donors (Lipinski definition) is 0. The third-order valence-corrected chi connectivity index (χ3v) is 2.12. The Labute approximate surface area is 90.7 Å². The fraction of sp³-hybridized carbons (Fsp3) is 0.636. The predicted molar refractivity (Wildman–Crippen MR) is 58.1 cm³/mol. The maximum absolute atomic E-state index is 5.44. The third kappa shape index (κ3) is 4.25. The van der Waals surface area contributed by atoms with Gasteiger partial charge >= 0.3 is 6.01 Å². The highest BCUT2D eigenvalue weighted by molar-refractivity contribution is 5.10. The molecule has 1 atom stereocenters. The Hall–Kier alpha value is -1.16. The molecule has 0 N–H and O–H groups in total. The summed E-state index contributed by atoms with van der Waals surface area (Å²) in [6, 6.07) is 2.38. The van der Waals surface area contributed by atoms with Gasteiger partial charge in [-0.1, -0.05) is 0 Å². The molecule has 0 aliphatic carbocycles. The molecule has 4 nitrogen and oxygen atoms in total. The van der Waals surface area contributed by atoms with Crippen molar-refractivity contribution in [1.29, 1.82) is 0 Å². The SMILES string of the molecule is COC(C)CCOc1nc(C)cc(C)n1. The summed E-state index contributed by atoms with van der Waals surface area (Å²) >= 11 is 0. The fourth-order valence-corrected chi connectivity index (χ4v) is 1.19. The van der Waals surface area contributed by atoms with Crippen LogP contribution in [0.15, 0.2) is 6.07 Å². The largest absolute Gasteiger partial charge is 0.463 e. The first kappa shape index (κ1) is 11.9. The van der Waals surface area contributed by atoms with Crippen molar-refractivity contribution in [3.8, 4) is 6.01 Å². The van der Waals surface area contributed by atoms with Crippen molar-refractivity contribution in [1.82, 2.24) is 9.97 Å². The zero-order valence-corrected chi connectivity index (χ0v) is 9.78. The van der Waals surface area contributed by atoms with E-state index >= 15 is 0 Å². The highest BCUT2D eigenvalue weighted by Crippen LogP contribution is 2.07. The van der Waals surface area contributed by atoms with Gasteiger partial charge in [0, 0.05) is 24.9 Å². The topological polar surface area (TPSA) is 44.2 Å². The van der Waals surface area contributed by atoms with E-state index in [0.29, 0.717) is 12.6 Å². The molecule has 1 aromatic rings. The van der Waals surface area contributed by atoms with E-state index in [-0.39, 0.29) is 6.10 Å². The van der Waals surface area contributed by atoms with Gasteiger partial charge in [-0.3, -0.25) is 0 Å². The summed E-state index contributed by atoms with van der Waals surface area (Å²) in [5.41, 5.74) is 1.86. The smallest absolute Gasteiger partial charge is 0.316 e. The average molecular weight is 210 g/mol. The second-order valence-electron chi connectivity index (χ2n) is 3.62. The van der Waals surface area contributed by atoms with Crippen LogP contribution in [0.25, 0.3) is 0 Å². The lowest BCUT2D eigenvalue weighted by Crippen LogP contribution is -2.11. The summed E-state index contributed by atoms with van der Waals surface area (Å²) in [4.78, 5) is 8.37. The van der Waals surface area contributed by atoms with Crippen molar-refractivity contribution in [3.05, 3.63) is 17.5 Å². The standard InChI is InChI=1S/C11H18N2O2/c1-8-7-9(2)13-11(12-8)15-6-5-10(3)14-4/h7,10H,5-6H2,1-4H3. The van der Waals surface area contributed by atoms with Gasteiger partial charge < -0.3 is 9.47 Å². The van der Waals surface area contributed by atoms with Gasteiger partial charge in [0.2, 0.25) is 0 Å². The Balaban J connectivity index is 2.43. The van der Waals surface area contributed by atoms with E-state index in [0.717, 1.165) is 17.8 Å². The number of rotatable bonds is 5. The van der Waals surface area contributed by atoms with Crippen LogP contribution in [0.1, 0.15) is 24.7 Å². The molecule has 1 aromatic heterocycles. The number of nitrogens with zero attached hydrogens (tertiary/aromatic N) is 2. The van der Waals surface area contributed by atoms with Crippen LogP contribution in [0.4, 0.5) is 0 Å². The first-order valence-corrected chi connectivity index (χ1v) is 5.09. The monoisotopic (exact) mass is 210 g/mol. The molecule has 0 fully saturated rings. The number of ether oxygens (including phenoxy) is 2. The van der Waals surface area contributed by atoms with E-state index in [9.17, 15) is 0 Å². The van der Waals surface area contributed by atoms with Gasteiger partial charge in [0.25, 0.3) is 0 Å². The van der Waals surface area contributed by atoms with Crippen LogP contribution < -0.4 is 4.74 Å². The quantitative estimate of drug-likeness (QED) is 0.744. The average Bonchev–Trinajstić information content (AvgIpc) is 2.16. The zero-order valence-electron chi connectivity index (χ0n) is 9.78. The minimum atomic E-state index is 0.205. The molecule has 0 spiro atoms. The molecule has 4 heteroatoms. The van der Waals surface area contributed by atoms with E-state index in [1.54, 1.807) is 7.11 Å². The van der Waals surface area contributed by atoms with Crippen molar-refractivity contribution in [2.24, 2.45) is 0 Å². The van der Waals surface area contributed by atoms with Crippen LogP contribution in [0.3, 0.4) is 0 Å². The first-order valence-electron chi connectivity index (χ1n) is 5.09. The molecule has 1 unspecified atom stereocenters. The highest BCUT2D eigenvalue weighted by Gasteiger charge is 2.03. The van der Waals surface area contributed by atoms with Gasteiger partial charge in [-0.15, -0.1) is 0 Å². The molecule has 0 bridgehead atoms. The minimum Gasteiger partial charge on any atom is -0.463 e. The molecule has 0 aromatic carbocycles. The Morgan fingerprint density at radius 2 is 1.87 bits per heavy atom. The van der Waals surface area contributed by atoms with Crippen molar-refractivity contribution < 1.29 is 9.47 Å². The van der Waals surface area contributed by atoms with Crippen molar-refractivity contribution in [2.45, 2.75) is 33.3 Å². The molecule has 0 aliphatic rings. The molecule has 0 saturated carbocycles. The Morgan fingerprint density at radius 3 is 2.40 bits per heavy atom. The van der Waals surface area contributed by atoms with E-state index in [1.807, 2.05) is 26.8 Å². The first-order chi connectivity index (χ1) is 7.11. The summed E-state index contributed by atoms with van der Waals surface area (Å²) in [6.07, 6.45) is 1.04. The number of aryl methyl sites for hydroxylation is 2. The van der Waals surface area contributed by atoms with Gasteiger partial charge in [-0.25, -0.2) is 9.97 Å². The van der Waals surface area contributed by atoms with E-state index in [4.69, 9.17) is 9.47 Å². The molecule has 0 saturated heterocycles. The molecule has 1 rings (SSSR count). The molecule has 0 radical (unpaired) electrons. The molecule has 1 heterocycles. The van der Waals surface area contributed by atoms with Gasteiger partial charge in [-0.2, -0.15) is 0 Å². The predicted octanol–water partition coefficient (Wildman–Crippen LogP) is 1.90. The lowest BCUT2D eigenvalue weighted by Gasteiger charge is -2.09. The summed E-state index contributed by atoms with van der Waals surface area (Å²) in [7, 11) is 1.69. The van der Waals surface area contributed by atoms with Crippen molar-refractivity contribution >= 4 is 0 Å². The van der Waals surface area contributed by atoms with Gasteiger partial charge in [0.15, 0.2) is 0 Å². The second-order valence-corrected chi connectivity index (χ2v) is 3.62. The molecular formula is C11H18N2O2. The summed E-state index contributed by atoms with van der Waals surface area (Å²) in [6.45, 7) is 6.45. The van der Waals surface area contributed by atoms with Crippen molar-refractivity contribution in [3.63, 3.8) is 0 Å². The highest BCUT2D eigenvalue weighted by atomic mass is 16.5. The maximum Gasteiger partial charge on any atom is 0.316 e. The molecule has 0 amide bonds. The van der Waals surface area contributed by atoms with Gasteiger partial charge in [-0.05, 0) is 26.8 Å². The number of methoxy groups -OCH3 is 1. The van der Waals surface area contributed by atoms with E-state index < -0.39 is 0 Å². The Kier molecular flexibility index (Phi) is 4.49. The van der Waals surface area contributed by atoms with Crippen LogP contribution in [-0.4, -0.2) is 29.8 Å². The van der Waals surface area contributed by atoms with Crippen LogP contribution in [0.5, 0.6) is 6.01 Å². The second kappa shape index (κ2) is 5.66. The molecule has 84 valence electrons. The van der Waals surface area contributed by atoms with E-state index in [2.05, 4.69) is 9.97 Å². The van der Waals surface area contributed by atoms with Gasteiger partial charge in [0.05, 0.1) is 12.7 Å².